The Kier molecular flexibility index (Phi) is 5.10. The van der Waals surface area contributed by atoms with Crippen LogP contribution in [0, 0.1) is 24.0 Å². The maximum atomic E-state index is 12.7. The average molecular weight is 356 g/mol. The van der Waals surface area contributed by atoms with E-state index in [2.05, 4.69) is 10.4 Å². The largest absolute Gasteiger partial charge is 0.416 e. The van der Waals surface area contributed by atoms with Crippen LogP contribution >= 0.6 is 0 Å². The Hall–Kier alpha value is -2.91. The average Bonchev–Trinajstić information content (AvgIpc) is 2.80. The molecule has 0 aliphatic carbocycles. The van der Waals surface area contributed by atoms with Gasteiger partial charge in [-0.2, -0.15) is 18.3 Å². The highest BCUT2D eigenvalue weighted by Crippen LogP contribution is 2.29. The zero-order valence-electron chi connectivity index (χ0n) is 13.4. The van der Waals surface area contributed by atoms with Crippen LogP contribution in [0.15, 0.2) is 24.3 Å². The number of halogens is 3. The summed E-state index contributed by atoms with van der Waals surface area (Å²) in [5.41, 5.74) is -0.518. The summed E-state index contributed by atoms with van der Waals surface area (Å²) in [5.74, 6) is -0.665. The third-order valence-electron chi connectivity index (χ3n) is 3.59. The molecule has 0 aliphatic rings. The highest BCUT2D eigenvalue weighted by atomic mass is 19.4. The third kappa shape index (κ3) is 4.14. The summed E-state index contributed by atoms with van der Waals surface area (Å²) in [7, 11) is 0. The number of carbonyl (C=O) groups excluding carboxylic acids is 1. The smallest absolute Gasteiger partial charge is 0.350 e. The van der Waals surface area contributed by atoms with Crippen molar-refractivity contribution in [1.29, 1.82) is 0 Å². The molecule has 1 amide bonds. The SMILES string of the molecule is Cc1nn(CCNC(=O)c2cccc(C(F)(F)F)c2)c(C)c1[N+](=O)[O-]. The van der Waals surface area contributed by atoms with E-state index in [1.807, 2.05) is 0 Å². The van der Waals surface area contributed by atoms with Crippen molar-refractivity contribution in [2.45, 2.75) is 26.6 Å². The van der Waals surface area contributed by atoms with Crippen LogP contribution in [0.1, 0.15) is 27.3 Å². The molecule has 25 heavy (non-hydrogen) atoms. The number of rotatable bonds is 5. The molecule has 2 rings (SSSR count). The quantitative estimate of drug-likeness (QED) is 0.659. The van der Waals surface area contributed by atoms with Crippen molar-refractivity contribution >= 4 is 11.6 Å². The number of amides is 1. The lowest BCUT2D eigenvalue weighted by Gasteiger charge is -2.09. The molecule has 7 nitrogen and oxygen atoms in total. The fourth-order valence-corrected chi connectivity index (χ4v) is 2.38. The third-order valence-corrected chi connectivity index (χ3v) is 3.59. The van der Waals surface area contributed by atoms with Gasteiger partial charge in [-0.05, 0) is 32.0 Å². The van der Waals surface area contributed by atoms with E-state index in [9.17, 15) is 28.1 Å². The van der Waals surface area contributed by atoms with Crippen molar-refractivity contribution in [2.75, 3.05) is 6.54 Å². The molecule has 0 radical (unpaired) electrons. The van der Waals surface area contributed by atoms with Gasteiger partial charge in [0.1, 0.15) is 11.4 Å². The number of nitro groups is 1. The molecule has 0 bridgehead atoms. The number of nitrogens with zero attached hydrogens (tertiary/aromatic N) is 3. The van der Waals surface area contributed by atoms with E-state index >= 15 is 0 Å². The second kappa shape index (κ2) is 6.91. The molecular weight excluding hydrogens is 341 g/mol. The van der Waals surface area contributed by atoms with Crippen LogP contribution in [0.5, 0.6) is 0 Å². The van der Waals surface area contributed by atoms with Crippen LogP contribution in [0.25, 0.3) is 0 Å². The number of aryl methyl sites for hydroxylation is 1. The fourth-order valence-electron chi connectivity index (χ4n) is 2.38. The van der Waals surface area contributed by atoms with Crippen molar-refractivity contribution in [3.8, 4) is 0 Å². The Balaban J connectivity index is 2.02. The first-order valence-corrected chi connectivity index (χ1v) is 7.25. The van der Waals surface area contributed by atoms with E-state index in [1.54, 1.807) is 0 Å². The summed E-state index contributed by atoms with van der Waals surface area (Å²) in [6.07, 6.45) is -4.53. The minimum Gasteiger partial charge on any atom is -0.350 e. The summed E-state index contributed by atoms with van der Waals surface area (Å²) in [6, 6.07) is 4.08. The summed E-state index contributed by atoms with van der Waals surface area (Å²) in [5, 5.41) is 17.4. The Morgan fingerprint density at radius 3 is 2.60 bits per heavy atom. The van der Waals surface area contributed by atoms with Gasteiger partial charge in [-0.3, -0.25) is 19.6 Å². The van der Waals surface area contributed by atoms with Crippen LogP contribution in [0.4, 0.5) is 18.9 Å². The van der Waals surface area contributed by atoms with Crippen molar-refractivity contribution in [3.05, 3.63) is 56.9 Å². The van der Waals surface area contributed by atoms with E-state index in [0.717, 1.165) is 18.2 Å². The van der Waals surface area contributed by atoms with Gasteiger partial charge in [-0.15, -0.1) is 0 Å². The zero-order chi connectivity index (χ0) is 18.8. The molecule has 10 heteroatoms. The summed E-state index contributed by atoms with van der Waals surface area (Å²) >= 11 is 0. The molecule has 1 aromatic carbocycles. The molecule has 0 fully saturated rings. The normalized spacial score (nSPS) is 11.4. The Morgan fingerprint density at radius 1 is 1.36 bits per heavy atom. The van der Waals surface area contributed by atoms with Gasteiger partial charge in [0.05, 0.1) is 17.0 Å². The second-order valence-corrected chi connectivity index (χ2v) is 5.33. The van der Waals surface area contributed by atoms with Crippen LogP contribution in [0.2, 0.25) is 0 Å². The Labute approximate surface area is 140 Å². The van der Waals surface area contributed by atoms with Gasteiger partial charge in [0, 0.05) is 12.1 Å². The minimum absolute atomic E-state index is 0.0637. The number of carbonyl (C=O) groups is 1. The van der Waals surface area contributed by atoms with E-state index in [0.29, 0.717) is 5.69 Å². The molecule has 134 valence electrons. The molecular formula is C15H15F3N4O3. The number of nitrogens with one attached hydrogen (secondary N) is 1. The molecule has 0 unspecified atom stereocenters. The first-order chi connectivity index (χ1) is 11.6. The molecule has 0 atom stereocenters. The van der Waals surface area contributed by atoms with E-state index in [4.69, 9.17) is 0 Å². The van der Waals surface area contributed by atoms with E-state index in [1.165, 1.54) is 24.6 Å². The first-order valence-electron chi connectivity index (χ1n) is 7.25. The molecule has 1 aromatic heterocycles. The Bertz CT molecular complexity index is 815. The van der Waals surface area contributed by atoms with Gasteiger partial charge in [-0.1, -0.05) is 6.07 Å². The molecule has 0 saturated carbocycles. The van der Waals surface area contributed by atoms with Gasteiger partial charge in [-0.25, -0.2) is 0 Å². The number of aromatic nitrogens is 2. The summed E-state index contributed by atoms with van der Waals surface area (Å²) in [6.45, 7) is 3.26. The van der Waals surface area contributed by atoms with Crippen LogP contribution < -0.4 is 5.32 Å². The van der Waals surface area contributed by atoms with Crippen LogP contribution in [0.3, 0.4) is 0 Å². The predicted octanol–water partition coefficient (Wildman–Crippen LogP) is 2.86. The lowest BCUT2D eigenvalue weighted by molar-refractivity contribution is -0.386. The maximum absolute atomic E-state index is 12.7. The van der Waals surface area contributed by atoms with Gasteiger partial charge in [0.25, 0.3) is 5.91 Å². The van der Waals surface area contributed by atoms with Crippen molar-refractivity contribution in [3.63, 3.8) is 0 Å². The molecule has 0 saturated heterocycles. The minimum atomic E-state index is -4.53. The highest BCUT2D eigenvalue weighted by Gasteiger charge is 2.30. The molecule has 0 aliphatic heterocycles. The fraction of sp³-hybridized carbons (Fsp3) is 0.333. The zero-order valence-corrected chi connectivity index (χ0v) is 13.4. The number of hydrogen-bond acceptors (Lipinski definition) is 4. The van der Waals surface area contributed by atoms with E-state index < -0.39 is 22.6 Å². The van der Waals surface area contributed by atoms with E-state index in [-0.39, 0.29) is 30.0 Å². The van der Waals surface area contributed by atoms with Crippen molar-refractivity contribution in [2.24, 2.45) is 0 Å². The maximum Gasteiger partial charge on any atom is 0.416 e. The molecule has 1 N–H and O–H groups in total. The van der Waals surface area contributed by atoms with Gasteiger partial charge in [0.2, 0.25) is 0 Å². The van der Waals surface area contributed by atoms with Crippen molar-refractivity contribution < 1.29 is 22.9 Å². The first kappa shape index (κ1) is 18.4. The molecule has 0 spiro atoms. The standard InChI is InChI=1S/C15H15F3N4O3/c1-9-13(22(24)25)10(2)21(20-9)7-6-19-14(23)11-4-3-5-12(8-11)15(16,17)18/h3-5,8H,6-7H2,1-2H3,(H,19,23). The lowest BCUT2D eigenvalue weighted by Crippen LogP contribution is -2.28. The van der Waals surface area contributed by atoms with Crippen LogP contribution in [-0.2, 0) is 12.7 Å². The molecule has 2 aromatic rings. The number of alkyl halides is 3. The Morgan fingerprint density at radius 2 is 2.04 bits per heavy atom. The second-order valence-electron chi connectivity index (χ2n) is 5.33. The highest BCUT2D eigenvalue weighted by molar-refractivity contribution is 5.94. The van der Waals surface area contributed by atoms with Gasteiger partial charge < -0.3 is 5.32 Å². The molecule has 1 heterocycles. The monoisotopic (exact) mass is 356 g/mol. The summed E-state index contributed by atoms with van der Waals surface area (Å²) < 4.78 is 39.3. The van der Waals surface area contributed by atoms with Crippen molar-refractivity contribution in [1.82, 2.24) is 15.1 Å². The summed E-state index contributed by atoms with van der Waals surface area (Å²) in [4.78, 5) is 22.4. The van der Waals surface area contributed by atoms with Gasteiger partial charge >= 0.3 is 11.9 Å². The predicted molar refractivity (Wildman–Crippen MR) is 82.1 cm³/mol. The topological polar surface area (TPSA) is 90.1 Å². The lowest BCUT2D eigenvalue weighted by atomic mass is 10.1. The number of hydrogen-bond donors (Lipinski definition) is 1. The number of benzene rings is 1. The van der Waals surface area contributed by atoms with Crippen LogP contribution in [-0.4, -0.2) is 27.2 Å². The van der Waals surface area contributed by atoms with Gasteiger partial charge in [0.15, 0.2) is 0 Å².